The summed E-state index contributed by atoms with van der Waals surface area (Å²) in [5, 5.41) is 3.39. The van der Waals surface area contributed by atoms with Gasteiger partial charge in [-0.05, 0) is 37.6 Å². The second-order valence-corrected chi connectivity index (χ2v) is 6.29. The van der Waals surface area contributed by atoms with Crippen LogP contribution in [-0.4, -0.2) is 62.2 Å². The van der Waals surface area contributed by atoms with Crippen molar-refractivity contribution in [2.45, 2.75) is 25.5 Å². The second kappa shape index (κ2) is 7.25. The minimum Gasteiger partial charge on any atom is -0.490 e. The Balaban J connectivity index is 1.49. The van der Waals surface area contributed by atoms with Crippen molar-refractivity contribution in [1.29, 1.82) is 0 Å². The van der Waals surface area contributed by atoms with Crippen molar-refractivity contribution in [1.82, 2.24) is 15.1 Å². The van der Waals surface area contributed by atoms with E-state index in [1.807, 2.05) is 0 Å². The number of nitrogens with one attached hydrogen (secondary N) is 1. The van der Waals surface area contributed by atoms with Crippen LogP contribution in [-0.2, 0) is 6.54 Å². The Labute approximate surface area is 128 Å². The minimum absolute atomic E-state index is 0.389. The molecule has 2 heterocycles. The molecule has 0 radical (unpaired) electrons. The van der Waals surface area contributed by atoms with Crippen molar-refractivity contribution in [3.8, 4) is 5.75 Å². The summed E-state index contributed by atoms with van der Waals surface area (Å²) in [6, 6.07) is 8.70. The number of nitrogens with zero attached hydrogens (tertiary/aromatic N) is 2. The second-order valence-electron chi connectivity index (χ2n) is 6.29. The van der Waals surface area contributed by atoms with E-state index in [4.69, 9.17) is 4.74 Å². The van der Waals surface area contributed by atoms with Crippen molar-refractivity contribution in [2.75, 3.05) is 46.3 Å². The van der Waals surface area contributed by atoms with E-state index in [9.17, 15) is 0 Å². The molecule has 0 aliphatic carbocycles. The number of benzene rings is 1. The molecule has 0 bridgehead atoms. The minimum atomic E-state index is 0.389. The highest BCUT2D eigenvalue weighted by molar-refractivity contribution is 5.27. The third-order valence-corrected chi connectivity index (χ3v) is 4.51. The fourth-order valence-electron chi connectivity index (χ4n) is 3.10. The molecule has 1 aromatic carbocycles. The van der Waals surface area contributed by atoms with Crippen LogP contribution in [0.25, 0.3) is 0 Å². The van der Waals surface area contributed by atoms with Gasteiger partial charge in [0.1, 0.15) is 11.9 Å². The van der Waals surface area contributed by atoms with E-state index in [0.29, 0.717) is 6.10 Å². The monoisotopic (exact) mass is 289 g/mol. The lowest BCUT2D eigenvalue weighted by atomic mass is 10.1. The number of likely N-dealkylation sites (tertiary alicyclic amines) is 1. The predicted octanol–water partition coefficient (Wildman–Crippen LogP) is 1.56. The third kappa shape index (κ3) is 4.43. The largest absolute Gasteiger partial charge is 0.490 e. The highest BCUT2D eigenvalue weighted by atomic mass is 16.5. The SMILES string of the molecule is CN1CCC(Oc2ccc(CN3CCNCC3)cc2)CC1. The van der Waals surface area contributed by atoms with Crippen LogP contribution >= 0.6 is 0 Å². The molecule has 0 saturated carbocycles. The number of hydrogen-bond donors (Lipinski definition) is 1. The van der Waals surface area contributed by atoms with Crippen molar-refractivity contribution >= 4 is 0 Å². The van der Waals surface area contributed by atoms with Gasteiger partial charge in [0.15, 0.2) is 0 Å². The van der Waals surface area contributed by atoms with E-state index < -0.39 is 0 Å². The first-order valence-electron chi connectivity index (χ1n) is 8.17. The summed E-state index contributed by atoms with van der Waals surface area (Å²) in [5.74, 6) is 1.02. The van der Waals surface area contributed by atoms with Crippen LogP contribution in [0.1, 0.15) is 18.4 Å². The van der Waals surface area contributed by atoms with Crippen LogP contribution in [0, 0.1) is 0 Å². The quantitative estimate of drug-likeness (QED) is 0.910. The Kier molecular flexibility index (Phi) is 5.12. The maximum absolute atomic E-state index is 6.10. The smallest absolute Gasteiger partial charge is 0.119 e. The summed E-state index contributed by atoms with van der Waals surface area (Å²) < 4.78 is 6.10. The Bertz CT molecular complexity index is 420. The van der Waals surface area contributed by atoms with Crippen LogP contribution < -0.4 is 10.1 Å². The van der Waals surface area contributed by atoms with Gasteiger partial charge in [0.05, 0.1) is 0 Å². The van der Waals surface area contributed by atoms with Gasteiger partial charge in [0, 0.05) is 45.8 Å². The third-order valence-electron chi connectivity index (χ3n) is 4.51. The molecule has 2 aliphatic rings. The summed E-state index contributed by atoms with van der Waals surface area (Å²) in [6.07, 6.45) is 2.66. The topological polar surface area (TPSA) is 27.7 Å². The maximum Gasteiger partial charge on any atom is 0.119 e. The molecular formula is C17H27N3O. The fourth-order valence-corrected chi connectivity index (χ4v) is 3.10. The van der Waals surface area contributed by atoms with Crippen LogP contribution in [0.4, 0.5) is 0 Å². The lowest BCUT2D eigenvalue weighted by molar-refractivity contribution is 0.114. The molecule has 0 amide bonds. The van der Waals surface area contributed by atoms with Crippen LogP contribution in [0.5, 0.6) is 5.75 Å². The van der Waals surface area contributed by atoms with Crippen LogP contribution in [0.15, 0.2) is 24.3 Å². The summed E-state index contributed by atoms with van der Waals surface area (Å²) in [5.41, 5.74) is 1.38. The molecule has 1 aromatic rings. The first-order valence-corrected chi connectivity index (χ1v) is 8.17. The lowest BCUT2D eigenvalue weighted by Crippen LogP contribution is -2.42. The first kappa shape index (κ1) is 14.8. The van der Waals surface area contributed by atoms with E-state index >= 15 is 0 Å². The van der Waals surface area contributed by atoms with Gasteiger partial charge in [-0.1, -0.05) is 12.1 Å². The molecular weight excluding hydrogens is 262 g/mol. The fraction of sp³-hybridized carbons (Fsp3) is 0.647. The normalized spacial score (nSPS) is 22.3. The molecule has 0 atom stereocenters. The Hall–Kier alpha value is -1.10. The highest BCUT2D eigenvalue weighted by Crippen LogP contribution is 2.19. The molecule has 3 rings (SSSR count). The molecule has 116 valence electrons. The Morgan fingerprint density at radius 2 is 1.71 bits per heavy atom. The van der Waals surface area contributed by atoms with Gasteiger partial charge in [-0.3, -0.25) is 4.90 Å². The van der Waals surface area contributed by atoms with Gasteiger partial charge < -0.3 is 15.0 Å². The number of piperidine rings is 1. The predicted molar refractivity (Wildman–Crippen MR) is 85.7 cm³/mol. The summed E-state index contributed by atoms with van der Waals surface area (Å²) in [4.78, 5) is 4.87. The zero-order valence-corrected chi connectivity index (χ0v) is 13.1. The summed E-state index contributed by atoms with van der Waals surface area (Å²) >= 11 is 0. The average Bonchev–Trinajstić information content (AvgIpc) is 2.53. The molecule has 2 saturated heterocycles. The molecule has 4 heteroatoms. The number of rotatable bonds is 4. The molecule has 21 heavy (non-hydrogen) atoms. The number of hydrogen-bond acceptors (Lipinski definition) is 4. The molecule has 0 spiro atoms. The molecule has 0 unspecified atom stereocenters. The van der Waals surface area contributed by atoms with E-state index in [-0.39, 0.29) is 0 Å². The summed E-state index contributed by atoms with van der Waals surface area (Å²) in [6.45, 7) is 7.85. The molecule has 4 nitrogen and oxygen atoms in total. The number of ether oxygens (including phenoxy) is 1. The van der Waals surface area contributed by atoms with E-state index in [2.05, 4.69) is 46.4 Å². The summed E-state index contributed by atoms with van der Waals surface area (Å²) in [7, 11) is 2.18. The standard InChI is InChI=1S/C17H27N3O/c1-19-10-6-17(7-11-19)21-16-4-2-15(3-5-16)14-20-12-8-18-9-13-20/h2-5,17-18H,6-14H2,1H3. The zero-order valence-electron chi connectivity index (χ0n) is 13.1. The molecule has 2 fully saturated rings. The van der Waals surface area contributed by atoms with Gasteiger partial charge in [0.25, 0.3) is 0 Å². The Morgan fingerprint density at radius 1 is 1.05 bits per heavy atom. The first-order chi connectivity index (χ1) is 10.3. The maximum atomic E-state index is 6.10. The van der Waals surface area contributed by atoms with E-state index in [1.165, 1.54) is 5.56 Å². The molecule has 0 aromatic heterocycles. The number of piperazine rings is 1. The molecule has 2 aliphatic heterocycles. The van der Waals surface area contributed by atoms with Crippen molar-refractivity contribution < 1.29 is 4.74 Å². The zero-order chi connectivity index (χ0) is 14.5. The highest BCUT2D eigenvalue weighted by Gasteiger charge is 2.18. The van der Waals surface area contributed by atoms with E-state index in [1.54, 1.807) is 0 Å². The van der Waals surface area contributed by atoms with Gasteiger partial charge in [0.2, 0.25) is 0 Å². The Morgan fingerprint density at radius 3 is 2.38 bits per heavy atom. The van der Waals surface area contributed by atoms with Gasteiger partial charge >= 0.3 is 0 Å². The molecule has 1 N–H and O–H groups in total. The van der Waals surface area contributed by atoms with E-state index in [0.717, 1.165) is 64.4 Å². The lowest BCUT2D eigenvalue weighted by Gasteiger charge is -2.29. The van der Waals surface area contributed by atoms with Crippen LogP contribution in [0.3, 0.4) is 0 Å². The van der Waals surface area contributed by atoms with Gasteiger partial charge in [-0.2, -0.15) is 0 Å². The van der Waals surface area contributed by atoms with Gasteiger partial charge in [-0.15, -0.1) is 0 Å². The average molecular weight is 289 g/mol. The van der Waals surface area contributed by atoms with Crippen molar-refractivity contribution in [3.05, 3.63) is 29.8 Å². The van der Waals surface area contributed by atoms with Crippen molar-refractivity contribution in [3.63, 3.8) is 0 Å². The van der Waals surface area contributed by atoms with Crippen LogP contribution in [0.2, 0.25) is 0 Å². The van der Waals surface area contributed by atoms with Gasteiger partial charge in [-0.25, -0.2) is 0 Å². The van der Waals surface area contributed by atoms with Crippen molar-refractivity contribution in [2.24, 2.45) is 0 Å².